The van der Waals surface area contributed by atoms with E-state index >= 15 is 0 Å². The van der Waals surface area contributed by atoms with Crippen molar-refractivity contribution in [1.82, 2.24) is 4.90 Å². The van der Waals surface area contributed by atoms with Gasteiger partial charge in [-0.25, -0.2) is 0 Å². The van der Waals surface area contributed by atoms with Crippen molar-refractivity contribution in [2.75, 3.05) is 19.6 Å². The lowest BCUT2D eigenvalue weighted by atomic mass is 9.91. The van der Waals surface area contributed by atoms with Gasteiger partial charge in [0, 0.05) is 25.7 Å². The van der Waals surface area contributed by atoms with E-state index < -0.39 is 5.60 Å². The fourth-order valence-corrected chi connectivity index (χ4v) is 2.93. The van der Waals surface area contributed by atoms with Crippen LogP contribution in [0, 0.1) is 11.8 Å². The molecule has 2 fully saturated rings. The van der Waals surface area contributed by atoms with Crippen LogP contribution in [0.3, 0.4) is 0 Å². The van der Waals surface area contributed by atoms with Gasteiger partial charge in [0.15, 0.2) is 0 Å². The zero-order chi connectivity index (χ0) is 11.8. The highest BCUT2D eigenvalue weighted by Gasteiger charge is 2.44. The van der Waals surface area contributed by atoms with Gasteiger partial charge in [0.05, 0.1) is 5.60 Å². The average Bonchev–Trinajstić information content (AvgIpc) is 3.07. The van der Waals surface area contributed by atoms with Crippen LogP contribution in [-0.4, -0.2) is 41.3 Å². The van der Waals surface area contributed by atoms with Crippen LogP contribution < -0.4 is 5.73 Å². The van der Waals surface area contributed by atoms with Crippen molar-refractivity contribution in [2.45, 2.75) is 51.2 Å². The number of aliphatic hydroxyl groups is 1. The Morgan fingerprint density at radius 3 is 2.50 bits per heavy atom. The first-order valence-electron chi connectivity index (χ1n) is 6.71. The third-order valence-corrected chi connectivity index (χ3v) is 4.41. The topological polar surface area (TPSA) is 49.5 Å². The second kappa shape index (κ2) is 4.63. The summed E-state index contributed by atoms with van der Waals surface area (Å²) in [6.07, 6.45) is 4.89. The molecule has 0 aromatic rings. The van der Waals surface area contributed by atoms with Crippen LogP contribution in [0.4, 0.5) is 0 Å². The summed E-state index contributed by atoms with van der Waals surface area (Å²) in [5.74, 6) is 1.22. The van der Waals surface area contributed by atoms with Crippen molar-refractivity contribution in [3.63, 3.8) is 0 Å². The Labute approximate surface area is 99.0 Å². The molecule has 1 saturated carbocycles. The normalized spacial score (nSPS) is 36.0. The monoisotopic (exact) mass is 226 g/mol. The number of nitrogens with two attached hydrogens (primary N) is 1. The smallest absolute Gasteiger partial charge is 0.0923 e. The Kier molecular flexibility index (Phi) is 3.57. The van der Waals surface area contributed by atoms with Crippen LogP contribution in [0.15, 0.2) is 0 Å². The summed E-state index contributed by atoms with van der Waals surface area (Å²) in [7, 11) is 0. The molecule has 2 rings (SSSR count). The molecule has 3 unspecified atom stereocenters. The summed E-state index contributed by atoms with van der Waals surface area (Å²) in [5.41, 5.74) is 5.15. The third kappa shape index (κ3) is 2.58. The highest BCUT2D eigenvalue weighted by Crippen LogP contribution is 2.40. The zero-order valence-corrected chi connectivity index (χ0v) is 10.7. The molecule has 2 aliphatic rings. The number of piperidine rings is 1. The summed E-state index contributed by atoms with van der Waals surface area (Å²) in [4.78, 5) is 2.44. The zero-order valence-electron chi connectivity index (χ0n) is 10.7. The molecule has 16 heavy (non-hydrogen) atoms. The fourth-order valence-electron chi connectivity index (χ4n) is 2.93. The summed E-state index contributed by atoms with van der Waals surface area (Å²) < 4.78 is 0. The number of β-amino-alcohol motifs (C(OH)–C–C–N with tert-alkyl or cyclic N) is 1. The van der Waals surface area contributed by atoms with E-state index in [0.29, 0.717) is 18.5 Å². The number of hydrogen-bond acceptors (Lipinski definition) is 3. The van der Waals surface area contributed by atoms with E-state index in [1.54, 1.807) is 0 Å². The Morgan fingerprint density at radius 1 is 1.25 bits per heavy atom. The Balaban J connectivity index is 1.95. The van der Waals surface area contributed by atoms with Gasteiger partial charge in [0.25, 0.3) is 0 Å². The first-order chi connectivity index (χ1) is 7.55. The first kappa shape index (κ1) is 12.3. The van der Waals surface area contributed by atoms with Gasteiger partial charge in [-0.3, -0.25) is 4.90 Å². The van der Waals surface area contributed by atoms with Crippen LogP contribution in [0.5, 0.6) is 0 Å². The van der Waals surface area contributed by atoms with Crippen molar-refractivity contribution in [1.29, 1.82) is 0 Å². The van der Waals surface area contributed by atoms with Gasteiger partial charge in [-0.05, 0) is 44.4 Å². The summed E-state index contributed by atoms with van der Waals surface area (Å²) in [6.45, 7) is 6.89. The van der Waals surface area contributed by atoms with Crippen molar-refractivity contribution < 1.29 is 5.11 Å². The molecule has 1 aliphatic carbocycles. The molecule has 3 heteroatoms. The largest absolute Gasteiger partial charge is 0.387 e. The fraction of sp³-hybridized carbons (Fsp3) is 1.00. The Morgan fingerprint density at radius 2 is 1.94 bits per heavy atom. The third-order valence-electron chi connectivity index (χ3n) is 4.41. The maximum Gasteiger partial charge on any atom is 0.0923 e. The predicted molar refractivity (Wildman–Crippen MR) is 66.2 cm³/mol. The highest BCUT2D eigenvalue weighted by molar-refractivity contribution is 4.98. The predicted octanol–water partition coefficient (Wildman–Crippen LogP) is 1.21. The summed E-state index contributed by atoms with van der Waals surface area (Å²) >= 11 is 0. The van der Waals surface area contributed by atoms with Crippen molar-refractivity contribution in [3.8, 4) is 0 Å². The lowest BCUT2D eigenvalue weighted by Crippen LogP contribution is -2.54. The molecule has 0 amide bonds. The SMILES string of the molecule is CC1CCC(C)N(CC(O)(CN)C2CC2)C1. The van der Waals surface area contributed by atoms with Crippen LogP contribution in [0.2, 0.25) is 0 Å². The van der Waals surface area contributed by atoms with Gasteiger partial charge < -0.3 is 10.8 Å². The van der Waals surface area contributed by atoms with E-state index in [1.165, 1.54) is 12.8 Å². The molecule has 3 N–H and O–H groups in total. The lowest BCUT2D eigenvalue weighted by Gasteiger charge is -2.41. The number of likely N-dealkylation sites (tertiary alicyclic amines) is 1. The van der Waals surface area contributed by atoms with Gasteiger partial charge >= 0.3 is 0 Å². The van der Waals surface area contributed by atoms with E-state index in [0.717, 1.165) is 31.8 Å². The van der Waals surface area contributed by atoms with Gasteiger partial charge in [0.2, 0.25) is 0 Å². The molecule has 0 radical (unpaired) electrons. The molecular formula is C13H26N2O. The second-order valence-electron chi connectivity index (χ2n) is 6.04. The van der Waals surface area contributed by atoms with E-state index in [1.807, 2.05) is 0 Å². The van der Waals surface area contributed by atoms with Crippen LogP contribution in [0.25, 0.3) is 0 Å². The molecule has 1 saturated heterocycles. The number of nitrogens with zero attached hydrogens (tertiary/aromatic N) is 1. The minimum Gasteiger partial charge on any atom is -0.387 e. The average molecular weight is 226 g/mol. The van der Waals surface area contributed by atoms with E-state index in [2.05, 4.69) is 18.7 Å². The van der Waals surface area contributed by atoms with Crippen LogP contribution >= 0.6 is 0 Å². The van der Waals surface area contributed by atoms with E-state index in [-0.39, 0.29) is 0 Å². The van der Waals surface area contributed by atoms with Crippen molar-refractivity contribution >= 4 is 0 Å². The maximum atomic E-state index is 10.5. The molecule has 0 bridgehead atoms. The molecule has 1 aliphatic heterocycles. The molecule has 0 aromatic heterocycles. The molecule has 0 spiro atoms. The maximum absolute atomic E-state index is 10.5. The van der Waals surface area contributed by atoms with E-state index in [4.69, 9.17) is 5.73 Å². The van der Waals surface area contributed by atoms with Crippen LogP contribution in [0.1, 0.15) is 39.5 Å². The lowest BCUT2D eigenvalue weighted by molar-refractivity contribution is -0.0305. The van der Waals surface area contributed by atoms with Gasteiger partial charge in [-0.2, -0.15) is 0 Å². The standard InChI is InChI=1S/C13H26N2O/c1-10-3-4-11(2)15(7-10)9-13(16,8-14)12-5-6-12/h10-12,16H,3-9,14H2,1-2H3. The highest BCUT2D eigenvalue weighted by atomic mass is 16.3. The molecule has 94 valence electrons. The van der Waals surface area contributed by atoms with Crippen molar-refractivity contribution in [2.24, 2.45) is 17.6 Å². The first-order valence-corrected chi connectivity index (χ1v) is 6.71. The van der Waals surface area contributed by atoms with Crippen molar-refractivity contribution in [3.05, 3.63) is 0 Å². The Bertz CT molecular complexity index is 242. The molecule has 3 nitrogen and oxygen atoms in total. The number of hydrogen-bond donors (Lipinski definition) is 2. The minimum absolute atomic E-state index is 0.412. The van der Waals surface area contributed by atoms with Crippen LogP contribution in [-0.2, 0) is 0 Å². The summed E-state index contributed by atoms with van der Waals surface area (Å²) in [5, 5.41) is 10.5. The molecule has 3 atom stereocenters. The summed E-state index contributed by atoms with van der Waals surface area (Å²) in [6, 6.07) is 0.605. The minimum atomic E-state index is -0.620. The van der Waals surface area contributed by atoms with E-state index in [9.17, 15) is 5.11 Å². The molecule has 0 aromatic carbocycles. The second-order valence-corrected chi connectivity index (χ2v) is 6.04. The quantitative estimate of drug-likeness (QED) is 0.757. The Hall–Kier alpha value is -0.120. The van der Waals surface area contributed by atoms with Gasteiger partial charge in [0.1, 0.15) is 0 Å². The van der Waals surface area contributed by atoms with Gasteiger partial charge in [-0.1, -0.05) is 6.92 Å². The molecular weight excluding hydrogens is 200 g/mol. The molecule has 1 heterocycles. The van der Waals surface area contributed by atoms with Gasteiger partial charge in [-0.15, -0.1) is 0 Å². The number of rotatable bonds is 4.